The van der Waals surface area contributed by atoms with E-state index in [9.17, 15) is 14.4 Å². The first kappa shape index (κ1) is 13.4. The van der Waals surface area contributed by atoms with Crippen LogP contribution in [-0.2, 0) is 14.4 Å². The Bertz CT molecular complexity index is 438. The van der Waals surface area contributed by atoms with E-state index in [1.165, 1.54) is 18.7 Å². The van der Waals surface area contributed by atoms with Gasteiger partial charge in [0.05, 0.1) is 11.8 Å². The molecule has 8 heteroatoms. The van der Waals surface area contributed by atoms with Crippen molar-refractivity contribution >= 4 is 46.5 Å². The van der Waals surface area contributed by atoms with Gasteiger partial charge in [-0.25, -0.2) is 4.90 Å². The van der Waals surface area contributed by atoms with Crippen molar-refractivity contribution in [1.29, 1.82) is 0 Å². The molecule has 0 aliphatic carbocycles. The Balaban J connectivity index is 2.07. The Morgan fingerprint density at radius 3 is 2.89 bits per heavy atom. The van der Waals surface area contributed by atoms with Crippen LogP contribution in [0.1, 0.15) is 13.3 Å². The lowest BCUT2D eigenvalue weighted by molar-refractivity contribution is -0.136. The quantitative estimate of drug-likeness (QED) is 0.758. The molecule has 2 aliphatic heterocycles. The summed E-state index contributed by atoms with van der Waals surface area (Å²) in [7, 11) is 0. The van der Waals surface area contributed by atoms with Crippen LogP contribution in [0.3, 0.4) is 0 Å². The van der Waals surface area contributed by atoms with E-state index in [4.69, 9.17) is 5.11 Å². The lowest BCUT2D eigenvalue weighted by Gasteiger charge is -2.14. The van der Waals surface area contributed by atoms with Gasteiger partial charge in [-0.3, -0.25) is 19.4 Å². The maximum atomic E-state index is 12.1. The van der Waals surface area contributed by atoms with Gasteiger partial charge in [-0.1, -0.05) is 11.8 Å². The third-order valence-corrected chi connectivity index (χ3v) is 4.85. The van der Waals surface area contributed by atoms with Crippen LogP contribution in [0.2, 0.25) is 0 Å². The second-order valence-electron chi connectivity index (χ2n) is 3.89. The summed E-state index contributed by atoms with van der Waals surface area (Å²) in [6, 6.07) is 0. The number of rotatable bonds is 3. The van der Waals surface area contributed by atoms with Crippen LogP contribution in [0, 0.1) is 0 Å². The highest BCUT2D eigenvalue weighted by Gasteiger charge is 2.43. The number of thioether (sulfide) groups is 2. The first-order chi connectivity index (χ1) is 8.50. The third-order valence-electron chi connectivity index (χ3n) is 2.58. The molecule has 0 spiro atoms. The first-order valence-corrected chi connectivity index (χ1v) is 7.36. The smallest absolute Gasteiger partial charge is 0.316 e. The number of carboxylic acids is 1. The van der Waals surface area contributed by atoms with Gasteiger partial charge in [0.2, 0.25) is 11.8 Å². The van der Waals surface area contributed by atoms with E-state index in [-0.39, 0.29) is 18.2 Å². The van der Waals surface area contributed by atoms with Gasteiger partial charge in [-0.05, 0) is 6.92 Å². The van der Waals surface area contributed by atoms with E-state index in [1.54, 1.807) is 0 Å². The topological polar surface area (TPSA) is 87.0 Å². The highest BCUT2D eigenvalue weighted by molar-refractivity contribution is 8.14. The zero-order valence-electron chi connectivity index (χ0n) is 9.66. The summed E-state index contributed by atoms with van der Waals surface area (Å²) >= 11 is 2.40. The third kappa shape index (κ3) is 2.54. The molecule has 0 aromatic rings. The van der Waals surface area contributed by atoms with Crippen molar-refractivity contribution < 1.29 is 19.5 Å². The molecule has 2 rings (SSSR count). The van der Waals surface area contributed by atoms with Crippen LogP contribution in [-0.4, -0.2) is 55.8 Å². The summed E-state index contributed by atoms with van der Waals surface area (Å²) in [4.78, 5) is 39.8. The Kier molecular flexibility index (Phi) is 3.96. The molecule has 1 N–H and O–H groups in total. The maximum absolute atomic E-state index is 12.1. The number of carboxylic acid groups (broad SMARTS) is 1. The van der Waals surface area contributed by atoms with Crippen molar-refractivity contribution in [2.24, 2.45) is 4.99 Å². The summed E-state index contributed by atoms with van der Waals surface area (Å²) in [6.07, 6.45) is 0.0562. The van der Waals surface area contributed by atoms with Crippen molar-refractivity contribution in [2.75, 3.05) is 12.3 Å². The molecule has 0 saturated carbocycles. The largest absolute Gasteiger partial charge is 0.480 e. The van der Waals surface area contributed by atoms with Crippen molar-refractivity contribution in [2.45, 2.75) is 23.8 Å². The van der Waals surface area contributed by atoms with E-state index in [2.05, 4.69) is 4.99 Å². The van der Waals surface area contributed by atoms with Gasteiger partial charge < -0.3 is 5.11 Å². The number of likely N-dealkylation sites (tertiary alicyclic amines) is 1. The van der Waals surface area contributed by atoms with Crippen molar-refractivity contribution in [1.82, 2.24) is 4.90 Å². The molecule has 2 heterocycles. The van der Waals surface area contributed by atoms with Gasteiger partial charge in [-0.2, -0.15) is 0 Å². The molecule has 1 fully saturated rings. The SMILES string of the molecule is CC(SC1CC(=O)N(C2=NCCS2)C1=O)C(=O)O. The second kappa shape index (κ2) is 5.31. The highest BCUT2D eigenvalue weighted by atomic mass is 32.2. The molecule has 0 aromatic heterocycles. The Morgan fingerprint density at radius 1 is 1.61 bits per heavy atom. The number of aliphatic imine (C=N–C) groups is 1. The number of amides is 2. The van der Waals surface area contributed by atoms with Gasteiger partial charge in [0, 0.05) is 12.2 Å². The number of carbonyl (C=O) groups is 3. The van der Waals surface area contributed by atoms with Gasteiger partial charge >= 0.3 is 5.97 Å². The minimum Gasteiger partial charge on any atom is -0.480 e. The molecule has 0 radical (unpaired) electrons. The molecule has 0 aromatic carbocycles. The lowest BCUT2D eigenvalue weighted by Crippen LogP contribution is -2.35. The zero-order valence-corrected chi connectivity index (χ0v) is 11.3. The van der Waals surface area contributed by atoms with Gasteiger partial charge in [0.1, 0.15) is 5.25 Å². The summed E-state index contributed by atoms with van der Waals surface area (Å²) in [5, 5.41) is 7.96. The second-order valence-corrected chi connectivity index (χ2v) is 6.50. The summed E-state index contributed by atoms with van der Waals surface area (Å²) in [5.74, 6) is -0.837. The molecular formula is C10H12N2O4S2. The highest BCUT2D eigenvalue weighted by Crippen LogP contribution is 2.31. The standard InChI is InChI=1S/C10H12N2O4S2/c1-5(9(15)16)18-6-4-7(13)12(8(6)14)10-11-2-3-17-10/h5-6H,2-4H2,1H3,(H,15,16). The van der Waals surface area contributed by atoms with Crippen molar-refractivity contribution in [3.05, 3.63) is 0 Å². The predicted molar refractivity (Wildman–Crippen MR) is 69.7 cm³/mol. The van der Waals surface area contributed by atoms with E-state index in [1.807, 2.05) is 0 Å². The van der Waals surface area contributed by atoms with Crippen LogP contribution in [0.5, 0.6) is 0 Å². The van der Waals surface area contributed by atoms with Crippen LogP contribution in [0.4, 0.5) is 0 Å². The molecule has 18 heavy (non-hydrogen) atoms. The molecule has 2 atom stereocenters. The number of imide groups is 1. The lowest BCUT2D eigenvalue weighted by atomic mass is 10.3. The molecule has 98 valence electrons. The molecule has 2 amide bonds. The first-order valence-electron chi connectivity index (χ1n) is 5.43. The van der Waals surface area contributed by atoms with Crippen LogP contribution >= 0.6 is 23.5 Å². The van der Waals surface area contributed by atoms with E-state index in [0.29, 0.717) is 11.7 Å². The predicted octanol–water partition coefficient (Wildman–Crippen LogP) is 0.423. The number of aliphatic carboxylic acids is 1. The summed E-state index contributed by atoms with van der Waals surface area (Å²) in [5.41, 5.74) is 0. The maximum Gasteiger partial charge on any atom is 0.316 e. The van der Waals surface area contributed by atoms with E-state index >= 15 is 0 Å². The Morgan fingerprint density at radius 2 is 2.33 bits per heavy atom. The minimum absolute atomic E-state index is 0.0562. The van der Waals surface area contributed by atoms with Crippen LogP contribution < -0.4 is 0 Å². The number of nitrogens with zero attached hydrogens (tertiary/aromatic N) is 2. The van der Waals surface area contributed by atoms with Crippen LogP contribution in [0.25, 0.3) is 0 Å². The van der Waals surface area contributed by atoms with Gasteiger partial charge in [0.15, 0.2) is 5.17 Å². The Labute approximate surface area is 112 Å². The molecular weight excluding hydrogens is 276 g/mol. The van der Waals surface area contributed by atoms with Crippen molar-refractivity contribution in [3.63, 3.8) is 0 Å². The number of amidine groups is 1. The normalized spacial score (nSPS) is 25.5. The number of hydrogen-bond acceptors (Lipinski definition) is 6. The van der Waals surface area contributed by atoms with Crippen molar-refractivity contribution in [3.8, 4) is 0 Å². The molecule has 1 saturated heterocycles. The summed E-state index contributed by atoms with van der Waals surface area (Å²) in [6.45, 7) is 2.12. The van der Waals surface area contributed by atoms with Crippen LogP contribution in [0.15, 0.2) is 4.99 Å². The fourth-order valence-electron chi connectivity index (χ4n) is 1.68. The average Bonchev–Trinajstić information content (AvgIpc) is 2.88. The average molecular weight is 288 g/mol. The van der Waals surface area contributed by atoms with Gasteiger partial charge in [0.25, 0.3) is 0 Å². The number of carbonyl (C=O) groups excluding carboxylic acids is 2. The fourth-order valence-corrected chi connectivity index (χ4v) is 3.61. The summed E-state index contributed by atoms with van der Waals surface area (Å²) < 4.78 is 0. The molecule has 6 nitrogen and oxygen atoms in total. The molecule has 2 unspecified atom stereocenters. The fraction of sp³-hybridized carbons (Fsp3) is 0.600. The molecule has 2 aliphatic rings. The monoisotopic (exact) mass is 288 g/mol. The van der Waals surface area contributed by atoms with E-state index < -0.39 is 16.5 Å². The zero-order chi connectivity index (χ0) is 13.3. The van der Waals surface area contributed by atoms with Gasteiger partial charge in [-0.15, -0.1) is 11.8 Å². The molecule has 0 bridgehead atoms. The number of hydrogen-bond donors (Lipinski definition) is 1. The van der Waals surface area contributed by atoms with E-state index in [0.717, 1.165) is 22.4 Å². The minimum atomic E-state index is -0.980. The Hall–Kier alpha value is -1.02.